The van der Waals surface area contributed by atoms with Gasteiger partial charge >= 0.3 is 12.3 Å². The van der Waals surface area contributed by atoms with Gasteiger partial charge in [0, 0.05) is 25.6 Å². The Bertz CT molecular complexity index is 284. The van der Waals surface area contributed by atoms with Crippen LogP contribution < -0.4 is 5.32 Å². The zero-order valence-electron chi connectivity index (χ0n) is 10.6. The van der Waals surface area contributed by atoms with Crippen LogP contribution in [-0.2, 0) is 4.74 Å². The van der Waals surface area contributed by atoms with Gasteiger partial charge in [0.05, 0.1) is 7.11 Å². The maximum absolute atomic E-state index is 12.4. The van der Waals surface area contributed by atoms with Gasteiger partial charge in [0.1, 0.15) is 0 Å². The third-order valence-corrected chi connectivity index (χ3v) is 3.09. The van der Waals surface area contributed by atoms with Gasteiger partial charge in [-0.1, -0.05) is 6.92 Å². The number of carbonyl (C=O) groups excluding carboxylic acids is 1. The van der Waals surface area contributed by atoms with Crippen molar-refractivity contribution in [3.05, 3.63) is 0 Å². The second-order valence-electron chi connectivity index (χ2n) is 4.61. The van der Waals surface area contributed by atoms with Crippen LogP contribution >= 0.6 is 0 Å². The Morgan fingerprint density at radius 3 is 2.61 bits per heavy atom. The summed E-state index contributed by atoms with van der Waals surface area (Å²) in [7, 11) is 1.24. The average Bonchev–Trinajstić information content (AvgIpc) is 2.26. The highest BCUT2D eigenvalue weighted by Crippen LogP contribution is 2.30. The Kier molecular flexibility index (Phi) is 5.25. The Balaban J connectivity index is 2.57. The molecule has 0 aliphatic carbocycles. The molecule has 2 atom stereocenters. The molecule has 4 nitrogen and oxygen atoms in total. The smallest absolute Gasteiger partial charge is 0.407 e. The van der Waals surface area contributed by atoms with Gasteiger partial charge < -0.3 is 15.0 Å². The number of hydrogen-bond donors (Lipinski definition) is 1. The molecule has 0 bridgehead atoms. The number of alkyl halides is 3. The van der Waals surface area contributed by atoms with Crippen molar-refractivity contribution in [3.8, 4) is 0 Å². The molecule has 0 aromatic heterocycles. The molecule has 18 heavy (non-hydrogen) atoms. The van der Waals surface area contributed by atoms with Gasteiger partial charge in [-0.2, -0.15) is 13.2 Å². The Morgan fingerprint density at radius 2 is 2.11 bits per heavy atom. The van der Waals surface area contributed by atoms with E-state index >= 15 is 0 Å². The van der Waals surface area contributed by atoms with Crippen LogP contribution in [-0.4, -0.2) is 50.0 Å². The first-order chi connectivity index (χ1) is 8.34. The van der Waals surface area contributed by atoms with Crippen molar-refractivity contribution in [2.75, 3.05) is 26.7 Å². The quantitative estimate of drug-likeness (QED) is 0.851. The van der Waals surface area contributed by atoms with E-state index in [2.05, 4.69) is 10.1 Å². The molecule has 0 saturated carbocycles. The van der Waals surface area contributed by atoms with Crippen molar-refractivity contribution >= 4 is 6.09 Å². The molecule has 1 heterocycles. The fraction of sp³-hybridized carbons (Fsp3) is 0.909. The van der Waals surface area contributed by atoms with E-state index in [4.69, 9.17) is 0 Å². The number of piperidine rings is 1. The number of ether oxygens (including phenoxy) is 1. The molecular formula is C11H19F3N2O2. The fourth-order valence-corrected chi connectivity index (χ4v) is 2.37. The summed E-state index contributed by atoms with van der Waals surface area (Å²) in [6.07, 6.45) is -5.21. The van der Waals surface area contributed by atoms with E-state index < -0.39 is 24.6 Å². The number of methoxy groups -OCH3 is 1. The lowest BCUT2D eigenvalue weighted by atomic mass is 9.91. The van der Waals surface area contributed by atoms with E-state index in [9.17, 15) is 18.0 Å². The molecule has 0 spiro atoms. The number of nitrogens with zero attached hydrogens (tertiary/aromatic N) is 1. The van der Waals surface area contributed by atoms with Crippen molar-refractivity contribution in [3.63, 3.8) is 0 Å². The number of likely N-dealkylation sites (tertiary alicyclic amines) is 1. The molecule has 1 aliphatic heterocycles. The monoisotopic (exact) mass is 268 g/mol. The summed E-state index contributed by atoms with van der Waals surface area (Å²) in [4.78, 5) is 13.0. The molecule has 1 aliphatic rings. The van der Waals surface area contributed by atoms with E-state index in [0.717, 1.165) is 0 Å². The second-order valence-corrected chi connectivity index (χ2v) is 4.61. The second kappa shape index (κ2) is 6.26. The lowest BCUT2D eigenvalue weighted by Gasteiger charge is -2.37. The van der Waals surface area contributed by atoms with Gasteiger partial charge in [0.25, 0.3) is 0 Å². The number of likely N-dealkylation sites (N-methyl/N-ethyl adjacent to an activating group) is 1. The number of rotatable bonds is 3. The molecule has 106 valence electrons. The highest BCUT2D eigenvalue weighted by Gasteiger charge is 2.36. The van der Waals surface area contributed by atoms with Gasteiger partial charge in [-0.3, -0.25) is 0 Å². The molecule has 0 aromatic rings. The van der Waals surface area contributed by atoms with Crippen LogP contribution in [0.2, 0.25) is 0 Å². The van der Waals surface area contributed by atoms with Crippen LogP contribution in [0, 0.1) is 5.92 Å². The molecule has 1 rings (SSSR count). The first kappa shape index (κ1) is 15.1. The first-order valence-corrected chi connectivity index (χ1v) is 5.97. The van der Waals surface area contributed by atoms with E-state index in [1.165, 1.54) is 7.11 Å². The normalized spacial score (nSPS) is 25.8. The summed E-state index contributed by atoms with van der Waals surface area (Å²) in [6, 6.07) is -0.279. The molecular weight excluding hydrogens is 249 g/mol. The summed E-state index contributed by atoms with van der Waals surface area (Å²) < 4.78 is 41.7. The fourth-order valence-electron chi connectivity index (χ4n) is 2.37. The minimum absolute atomic E-state index is 0.279. The SMILES string of the molecule is CCN1CC(CC(F)(F)F)CC(NC(=O)OC)C1. The number of alkyl carbamates (subject to hydrolysis) is 1. The minimum Gasteiger partial charge on any atom is -0.453 e. The molecule has 7 heteroatoms. The maximum atomic E-state index is 12.4. The van der Waals surface area contributed by atoms with Crippen LogP contribution in [0.25, 0.3) is 0 Å². The lowest BCUT2D eigenvalue weighted by molar-refractivity contribution is -0.148. The number of halogens is 3. The highest BCUT2D eigenvalue weighted by atomic mass is 19.4. The summed E-state index contributed by atoms with van der Waals surface area (Å²) in [5.74, 6) is -0.471. The molecule has 0 radical (unpaired) electrons. The van der Waals surface area contributed by atoms with E-state index in [-0.39, 0.29) is 6.04 Å². The largest absolute Gasteiger partial charge is 0.453 e. The molecule has 0 aromatic carbocycles. The van der Waals surface area contributed by atoms with Gasteiger partial charge in [-0.05, 0) is 18.9 Å². The summed E-state index contributed by atoms with van der Waals surface area (Å²) in [5.41, 5.74) is 0. The van der Waals surface area contributed by atoms with Crippen LogP contribution in [0.1, 0.15) is 19.8 Å². The third kappa shape index (κ3) is 5.12. The number of nitrogens with one attached hydrogen (secondary N) is 1. The Hall–Kier alpha value is -0.980. The zero-order chi connectivity index (χ0) is 13.8. The van der Waals surface area contributed by atoms with E-state index in [0.29, 0.717) is 26.1 Å². The van der Waals surface area contributed by atoms with Crippen molar-refractivity contribution in [1.82, 2.24) is 10.2 Å². The predicted molar refractivity (Wildman–Crippen MR) is 60.2 cm³/mol. The van der Waals surface area contributed by atoms with Crippen molar-refractivity contribution in [1.29, 1.82) is 0 Å². The average molecular weight is 268 g/mol. The lowest BCUT2D eigenvalue weighted by Crippen LogP contribution is -2.51. The number of carbonyl (C=O) groups is 1. The van der Waals surface area contributed by atoms with Crippen molar-refractivity contribution in [2.24, 2.45) is 5.92 Å². The van der Waals surface area contributed by atoms with Gasteiger partial charge in [0.15, 0.2) is 0 Å². The van der Waals surface area contributed by atoms with Crippen molar-refractivity contribution < 1.29 is 22.7 Å². The minimum atomic E-state index is -4.16. The van der Waals surface area contributed by atoms with E-state index in [1.54, 1.807) is 0 Å². The topological polar surface area (TPSA) is 41.6 Å². The van der Waals surface area contributed by atoms with Gasteiger partial charge in [-0.15, -0.1) is 0 Å². The van der Waals surface area contributed by atoms with Crippen LogP contribution in [0.3, 0.4) is 0 Å². The van der Waals surface area contributed by atoms with Crippen LogP contribution in [0.4, 0.5) is 18.0 Å². The van der Waals surface area contributed by atoms with Crippen LogP contribution in [0.5, 0.6) is 0 Å². The zero-order valence-corrected chi connectivity index (χ0v) is 10.6. The molecule has 2 unspecified atom stereocenters. The maximum Gasteiger partial charge on any atom is 0.407 e. The number of hydrogen-bond acceptors (Lipinski definition) is 3. The van der Waals surface area contributed by atoms with Crippen LogP contribution in [0.15, 0.2) is 0 Å². The summed E-state index contributed by atoms with van der Waals surface area (Å²) in [5, 5.41) is 2.58. The standard InChI is InChI=1S/C11H19F3N2O2/c1-3-16-6-8(5-11(12,13)14)4-9(7-16)15-10(17)18-2/h8-9H,3-7H2,1-2H3,(H,15,17). The molecule has 1 saturated heterocycles. The summed E-state index contributed by atoms with van der Waals surface area (Å²) in [6.45, 7) is 3.56. The first-order valence-electron chi connectivity index (χ1n) is 5.97. The van der Waals surface area contributed by atoms with Gasteiger partial charge in [0.2, 0.25) is 0 Å². The van der Waals surface area contributed by atoms with E-state index in [1.807, 2.05) is 11.8 Å². The molecule has 1 amide bonds. The Morgan fingerprint density at radius 1 is 1.44 bits per heavy atom. The third-order valence-electron chi connectivity index (χ3n) is 3.09. The highest BCUT2D eigenvalue weighted by molar-refractivity contribution is 5.67. The van der Waals surface area contributed by atoms with Crippen molar-refractivity contribution in [2.45, 2.75) is 32.0 Å². The predicted octanol–water partition coefficient (Wildman–Crippen LogP) is 2.01. The Labute approximate surface area is 104 Å². The summed E-state index contributed by atoms with van der Waals surface area (Å²) >= 11 is 0. The van der Waals surface area contributed by atoms with Gasteiger partial charge in [-0.25, -0.2) is 4.79 Å². The molecule has 1 fully saturated rings. The number of amides is 1. The molecule has 1 N–H and O–H groups in total.